The maximum atomic E-state index is 13.2. The molecule has 2 aromatic carbocycles. The van der Waals surface area contributed by atoms with E-state index < -0.39 is 0 Å². The van der Waals surface area contributed by atoms with E-state index in [-0.39, 0.29) is 17.7 Å². The number of para-hydroxylation sites is 1. The van der Waals surface area contributed by atoms with Gasteiger partial charge in [0.05, 0.1) is 12.6 Å². The number of phenolic OH excluding ortho intramolecular Hbond substituents is 1. The highest BCUT2D eigenvalue weighted by Gasteiger charge is 2.35. The highest BCUT2D eigenvalue weighted by Crippen LogP contribution is 2.38. The third-order valence-electron chi connectivity index (χ3n) is 6.41. The Labute approximate surface area is 182 Å². The van der Waals surface area contributed by atoms with Crippen molar-refractivity contribution in [1.82, 2.24) is 14.9 Å². The molecule has 0 fully saturated rings. The molecule has 1 aromatic heterocycles. The SMILES string of the molecule is CCCCC(C)C(C)N1Cc2c(cccc2-c2nc3c(O)cccc3nc2OC)C1=O. The third kappa shape index (κ3) is 3.71. The number of carbonyl (C=O) groups excluding carboxylic acids is 1. The molecule has 1 amide bonds. The number of carbonyl (C=O) groups is 1. The first-order valence-corrected chi connectivity index (χ1v) is 10.9. The summed E-state index contributed by atoms with van der Waals surface area (Å²) < 4.78 is 5.54. The van der Waals surface area contributed by atoms with Gasteiger partial charge in [0, 0.05) is 23.7 Å². The number of hydrogen-bond acceptors (Lipinski definition) is 5. The fourth-order valence-electron chi connectivity index (χ4n) is 4.34. The number of rotatable bonds is 7. The normalized spacial score (nSPS) is 15.2. The zero-order valence-corrected chi connectivity index (χ0v) is 18.6. The molecule has 6 heteroatoms. The van der Waals surface area contributed by atoms with Gasteiger partial charge in [0.1, 0.15) is 17.0 Å². The molecule has 2 unspecified atom stereocenters. The van der Waals surface area contributed by atoms with Crippen LogP contribution in [-0.4, -0.2) is 39.0 Å². The first-order chi connectivity index (χ1) is 15.0. The molecule has 162 valence electrons. The zero-order chi connectivity index (χ0) is 22.1. The predicted octanol–water partition coefficient (Wildman–Crippen LogP) is 5.18. The van der Waals surface area contributed by atoms with E-state index in [1.807, 2.05) is 23.1 Å². The van der Waals surface area contributed by atoms with Crippen molar-refractivity contribution in [3.8, 4) is 22.9 Å². The van der Waals surface area contributed by atoms with Crippen molar-refractivity contribution in [2.45, 2.75) is 52.6 Å². The van der Waals surface area contributed by atoms with Crippen LogP contribution in [0, 0.1) is 5.92 Å². The van der Waals surface area contributed by atoms with Gasteiger partial charge in [-0.3, -0.25) is 4.79 Å². The van der Waals surface area contributed by atoms with Gasteiger partial charge in [0.2, 0.25) is 5.88 Å². The van der Waals surface area contributed by atoms with E-state index in [9.17, 15) is 9.90 Å². The average Bonchev–Trinajstić information content (AvgIpc) is 3.13. The van der Waals surface area contributed by atoms with Crippen molar-refractivity contribution < 1.29 is 14.6 Å². The van der Waals surface area contributed by atoms with Crippen molar-refractivity contribution >= 4 is 16.9 Å². The van der Waals surface area contributed by atoms with Crippen molar-refractivity contribution in [3.05, 3.63) is 47.5 Å². The van der Waals surface area contributed by atoms with Crippen molar-refractivity contribution in [3.63, 3.8) is 0 Å². The van der Waals surface area contributed by atoms with Crippen LogP contribution in [0.25, 0.3) is 22.3 Å². The molecule has 2 atom stereocenters. The summed E-state index contributed by atoms with van der Waals surface area (Å²) in [6.07, 6.45) is 3.43. The van der Waals surface area contributed by atoms with E-state index in [0.717, 1.165) is 24.0 Å². The summed E-state index contributed by atoms with van der Waals surface area (Å²) in [6.45, 7) is 7.08. The van der Waals surface area contributed by atoms with Gasteiger partial charge in [-0.05, 0) is 43.0 Å². The van der Waals surface area contributed by atoms with E-state index in [0.29, 0.717) is 40.6 Å². The molecule has 4 rings (SSSR count). The number of unbranched alkanes of at least 4 members (excludes halogenated alkanes) is 1. The molecule has 31 heavy (non-hydrogen) atoms. The first-order valence-electron chi connectivity index (χ1n) is 10.9. The third-order valence-corrected chi connectivity index (χ3v) is 6.41. The molecule has 1 aliphatic heterocycles. The lowest BCUT2D eigenvalue weighted by atomic mass is 9.96. The molecular weight excluding hydrogens is 390 g/mol. The van der Waals surface area contributed by atoms with Gasteiger partial charge in [-0.15, -0.1) is 0 Å². The number of methoxy groups -OCH3 is 1. The quantitative estimate of drug-likeness (QED) is 0.571. The maximum Gasteiger partial charge on any atom is 0.254 e. The van der Waals surface area contributed by atoms with Gasteiger partial charge < -0.3 is 14.7 Å². The molecule has 6 nitrogen and oxygen atoms in total. The number of aromatic hydroxyl groups is 1. The summed E-state index contributed by atoms with van der Waals surface area (Å²) in [5.41, 5.74) is 3.96. The van der Waals surface area contributed by atoms with Gasteiger partial charge in [-0.2, -0.15) is 0 Å². The monoisotopic (exact) mass is 419 g/mol. The van der Waals surface area contributed by atoms with Gasteiger partial charge >= 0.3 is 0 Å². The Kier molecular flexibility index (Phi) is 5.81. The Morgan fingerprint density at radius 3 is 2.61 bits per heavy atom. The van der Waals surface area contributed by atoms with Gasteiger partial charge in [0.25, 0.3) is 5.91 Å². The van der Waals surface area contributed by atoms with Crippen LogP contribution in [0.2, 0.25) is 0 Å². The molecule has 0 saturated heterocycles. The van der Waals surface area contributed by atoms with Gasteiger partial charge in [0.15, 0.2) is 0 Å². The highest BCUT2D eigenvalue weighted by atomic mass is 16.5. The molecule has 3 aromatic rings. The predicted molar refractivity (Wildman–Crippen MR) is 121 cm³/mol. The molecule has 0 spiro atoms. The molecule has 0 radical (unpaired) electrons. The standard InChI is InChI=1S/C25H29N3O3/c1-5-6-9-15(2)16(3)28-14-19-17(10-7-11-18(19)25(28)30)22-24(31-4)26-20-12-8-13-21(29)23(20)27-22/h7-8,10-13,15-16,29H,5-6,9,14H2,1-4H3. The van der Waals surface area contributed by atoms with Crippen molar-refractivity contribution in [2.24, 2.45) is 5.92 Å². The lowest BCUT2D eigenvalue weighted by Gasteiger charge is -2.29. The molecule has 2 heterocycles. The van der Waals surface area contributed by atoms with Crippen molar-refractivity contribution in [1.29, 1.82) is 0 Å². The Bertz CT molecular complexity index is 1130. The molecule has 1 N–H and O–H groups in total. The van der Waals surface area contributed by atoms with Crippen LogP contribution in [0.5, 0.6) is 11.6 Å². The number of benzene rings is 2. The Morgan fingerprint density at radius 2 is 1.87 bits per heavy atom. The average molecular weight is 420 g/mol. The minimum Gasteiger partial charge on any atom is -0.506 e. The molecule has 1 aliphatic rings. The van der Waals surface area contributed by atoms with E-state index in [4.69, 9.17) is 9.72 Å². The van der Waals surface area contributed by atoms with E-state index in [1.165, 1.54) is 6.42 Å². The van der Waals surface area contributed by atoms with Crippen LogP contribution in [0.3, 0.4) is 0 Å². The van der Waals surface area contributed by atoms with Crippen molar-refractivity contribution in [2.75, 3.05) is 7.11 Å². The van der Waals surface area contributed by atoms with Crippen LogP contribution in [0.1, 0.15) is 56.0 Å². The smallest absolute Gasteiger partial charge is 0.254 e. The molecule has 0 aliphatic carbocycles. The topological polar surface area (TPSA) is 75.6 Å². The molecule has 0 saturated carbocycles. The molecular formula is C25H29N3O3. The van der Waals surface area contributed by atoms with Crippen LogP contribution < -0.4 is 4.74 Å². The minimum atomic E-state index is 0.0586. The van der Waals surface area contributed by atoms with Gasteiger partial charge in [-0.1, -0.05) is 44.9 Å². The van der Waals surface area contributed by atoms with Crippen LogP contribution in [0.15, 0.2) is 36.4 Å². The Hall–Kier alpha value is -3.15. The second-order valence-corrected chi connectivity index (χ2v) is 8.35. The summed E-state index contributed by atoms with van der Waals surface area (Å²) in [4.78, 5) is 24.4. The first kappa shape index (κ1) is 21.1. The second kappa shape index (κ2) is 8.53. The fourth-order valence-corrected chi connectivity index (χ4v) is 4.34. The largest absolute Gasteiger partial charge is 0.506 e. The lowest BCUT2D eigenvalue weighted by Crippen LogP contribution is -2.37. The van der Waals surface area contributed by atoms with E-state index in [1.54, 1.807) is 25.3 Å². The van der Waals surface area contributed by atoms with E-state index >= 15 is 0 Å². The maximum absolute atomic E-state index is 13.2. The Balaban J connectivity index is 1.77. The fraction of sp³-hybridized carbons (Fsp3) is 0.400. The number of phenols is 1. The number of amides is 1. The van der Waals surface area contributed by atoms with Gasteiger partial charge in [-0.25, -0.2) is 9.97 Å². The van der Waals surface area contributed by atoms with E-state index in [2.05, 4.69) is 25.8 Å². The number of nitrogens with zero attached hydrogens (tertiary/aromatic N) is 3. The zero-order valence-electron chi connectivity index (χ0n) is 18.6. The summed E-state index contributed by atoms with van der Waals surface area (Å²) in [5.74, 6) is 0.927. The highest BCUT2D eigenvalue weighted by molar-refractivity contribution is 6.01. The molecule has 0 bridgehead atoms. The second-order valence-electron chi connectivity index (χ2n) is 8.35. The van der Waals surface area contributed by atoms with Crippen LogP contribution in [0.4, 0.5) is 0 Å². The van der Waals surface area contributed by atoms with Crippen LogP contribution in [-0.2, 0) is 6.54 Å². The number of hydrogen-bond donors (Lipinski definition) is 1. The summed E-state index contributed by atoms with van der Waals surface area (Å²) in [5, 5.41) is 10.3. The van der Waals surface area contributed by atoms with Crippen LogP contribution >= 0.6 is 0 Å². The summed E-state index contributed by atoms with van der Waals surface area (Å²) in [6, 6.07) is 10.9. The Morgan fingerprint density at radius 1 is 1.13 bits per heavy atom. The number of ether oxygens (including phenoxy) is 1. The minimum absolute atomic E-state index is 0.0586. The number of aromatic nitrogens is 2. The summed E-state index contributed by atoms with van der Waals surface area (Å²) >= 11 is 0. The lowest BCUT2D eigenvalue weighted by molar-refractivity contribution is 0.0657. The number of fused-ring (bicyclic) bond motifs is 2. The summed E-state index contributed by atoms with van der Waals surface area (Å²) in [7, 11) is 1.56.